The third-order valence-corrected chi connectivity index (χ3v) is 1.33. The Morgan fingerprint density at radius 2 is 0.209 bits per heavy atom. The molecule has 2 nitrogen and oxygen atoms in total. The first-order chi connectivity index (χ1) is 8.00. The fourth-order valence-electron chi connectivity index (χ4n) is 0.770. The standard InChI is InChI=1S/2C6H6.2CH5N.CH4.2CH3.24Y/c2*1-2-4-6-5-3-1;2*1-2;;;;;;;;;;;;;;;;;;;;;;;;;;;/h2*1-6H;2*2H2,1H3;1H4;2*1H3;;;;;;;;;;;;;;;;;;;;;;;;/q;;;;;2*-1;;;;;;;;;;;;;;;;;;;;;;;;. The maximum absolute atomic E-state index is 4.50. The van der Waals surface area contributed by atoms with Gasteiger partial charge in [-0.25, -0.2) is 0 Å². The summed E-state index contributed by atoms with van der Waals surface area (Å²) >= 11 is 0. The Labute approximate surface area is 874 Å². The molecular formula is C17H32N2Y24-2. The molecule has 0 heterocycles. The molecule has 0 aliphatic carbocycles. The molecule has 26 heteroatoms. The quantitative estimate of drug-likeness (QED) is 0.393. The van der Waals surface area contributed by atoms with Crippen LogP contribution in [0.25, 0.3) is 0 Å². The zero-order valence-corrected chi connectivity index (χ0v) is 94.1. The SMILES string of the molecule is C.CN.CN.[CH3-].[CH3-].[Y].[Y].[Y].[Y].[Y].[Y].[Y].[Y].[Y].[Y].[Y].[Y].[Y].[Y].[Y].[Y].[Y].[Y].[Y].[Y].[Y].[Y].[Y].[Y].c1ccccc1.c1ccccc1. The van der Waals surface area contributed by atoms with E-state index in [0.29, 0.717) is 0 Å². The van der Waals surface area contributed by atoms with Crippen molar-refractivity contribution >= 4 is 0 Å². The molecule has 0 atom stereocenters. The molecule has 0 bridgehead atoms. The van der Waals surface area contributed by atoms with Crippen LogP contribution in [-0.4, -0.2) is 14.1 Å². The summed E-state index contributed by atoms with van der Waals surface area (Å²) in [6, 6.07) is 24.0. The third kappa shape index (κ3) is 207. The predicted molar refractivity (Wildman–Crippen MR) is 92.7 cm³/mol. The van der Waals surface area contributed by atoms with Gasteiger partial charge in [-0.2, -0.15) is 0 Å². The Morgan fingerprint density at radius 1 is 0.186 bits per heavy atom. The van der Waals surface area contributed by atoms with Gasteiger partial charge in [0.15, 0.2) is 0 Å². The molecule has 24 radical (unpaired) electrons. The van der Waals surface area contributed by atoms with Crippen molar-refractivity contribution in [2.75, 3.05) is 14.1 Å². The second kappa shape index (κ2) is 213. The van der Waals surface area contributed by atoms with Crippen molar-refractivity contribution in [2.45, 2.75) is 7.43 Å². The molecule has 0 aliphatic rings. The van der Waals surface area contributed by atoms with Crippen LogP contribution in [0.5, 0.6) is 0 Å². The minimum absolute atomic E-state index is 0. The average Bonchev–Trinajstić information content (AvgIpc) is 2.48. The van der Waals surface area contributed by atoms with Crippen LogP contribution < -0.4 is 11.5 Å². The van der Waals surface area contributed by atoms with Gasteiger partial charge in [-0.05, 0) is 14.1 Å². The summed E-state index contributed by atoms with van der Waals surface area (Å²) in [5.74, 6) is 0. The van der Waals surface area contributed by atoms with Gasteiger partial charge >= 0.3 is 0 Å². The molecule has 0 aliphatic heterocycles. The van der Waals surface area contributed by atoms with Gasteiger partial charge in [-0.15, -0.1) is 0 Å². The monoisotopic (exact) mass is 2400 g/mol. The van der Waals surface area contributed by atoms with E-state index in [0.717, 1.165) is 0 Å². The van der Waals surface area contributed by atoms with Gasteiger partial charge < -0.3 is 26.3 Å². The number of hydrogen-bond acceptors (Lipinski definition) is 2. The van der Waals surface area contributed by atoms with Crippen LogP contribution in [0.2, 0.25) is 0 Å². The summed E-state index contributed by atoms with van der Waals surface area (Å²) in [6.07, 6.45) is 0. The summed E-state index contributed by atoms with van der Waals surface area (Å²) < 4.78 is 0. The van der Waals surface area contributed by atoms with Crippen molar-refractivity contribution in [3.05, 3.63) is 87.6 Å². The van der Waals surface area contributed by atoms with Gasteiger partial charge in [-0.1, -0.05) is 80.2 Å². The van der Waals surface area contributed by atoms with Crippen LogP contribution in [0.4, 0.5) is 0 Å². The third-order valence-electron chi connectivity index (χ3n) is 1.33. The minimum Gasteiger partial charge on any atom is -0.358 e. The molecule has 43 heavy (non-hydrogen) atoms. The van der Waals surface area contributed by atoms with Gasteiger partial charge in [0.2, 0.25) is 0 Å². The van der Waals surface area contributed by atoms with Crippen molar-refractivity contribution in [3.63, 3.8) is 0 Å². The Bertz CT molecular complexity index is 227. The molecule has 2 aromatic rings. The number of nitrogens with two attached hydrogens (primary N) is 2. The first-order valence-corrected chi connectivity index (χ1v) is 5.15. The maximum Gasteiger partial charge on any atom is 0 e. The normalized spacial score (nSPS) is 2.51. The molecule has 2 rings (SSSR count). The van der Waals surface area contributed by atoms with Crippen molar-refractivity contribution in [1.82, 2.24) is 0 Å². The van der Waals surface area contributed by atoms with Crippen LogP contribution in [0.1, 0.15) is 7.43 Å². The van der Waals surface area contributed by atoms with Gasteiger partial charge in [0.05, 0.1) is 0 Å². The average molecular weight is 2400 g/mol. The molecular weight excluding hydrogens is 2370 g/mol. The van der Waals surface area contributed by atoms with E-state index in [4.69, 9.17) is 0 Å². The van der Waals surface area contributed by atoms with Crippen LogP contribution in [0, 0.1) is 14.9 Å². The summed E-state index contributed by atoms with van der Waals surface area (Å²) in [6.45, 7) is 0. The van der Waals surface area contributed by atoms with Crippen molar-refractivity contribution in [1.29, 1.82) is 0 Å². The van der Waals surface area contributed by atoms with Crippen LogP contribution in [0.3, 0.4) is 0 Å². The smallest absolute Gasteiger partial charge is 0 e. The molecule has 0 fully saturated rings. The first-order valence-electron chi connectivity index (χ1n) is 5.15. The van der Waals surface area contributed by atoms with E-state index in [2.05, 4.69) is 11.5 Å². The Balaban J connectivity index is -0.00000000193. The van der Waals surface area contributed by atoms with E-state index in [-0.39, 0.29) is 807 Å². The minimum atomic E-state index is 0. The van der Waals surface area contributed by atoms with Gasteiger partial charge in [-0.3, -0.25) is 0 Å². The molecule has 0 saturated carbocycles. The second-order valence-electron chi connectivity index (χ2n) is 2.31. The van der Waals surface area contributed by atoms with Gasteiger partial charge in [0.1, 0.15) is 0 Å². The van der Waals surface area contributed by atoms with E-state index in [1.807, 2.05) is 72.8 Å². The van der Waals surface area contributed by atoms with Gasteiger partial charge in [0, 0.05) is 785 Å². The number of hydrogen-bond donors (Lipinski definition) is 2. The van der Waals surface area contributed by atoms with E-state index >= 15 is 0 Å². The molecule has 4 N–H and O–H groups in total. The zero-order valence-electron chi connectivity index (χ0n) is 25.9. The zero-order chi connectivity index (χ0) is 12.5. The summed E-state index contributed by atoms with van der Waals surface area (Å²) in [4.78, 5) is 0. The molecule has 184 valence electrons. The van der Waals surface area contributed by atoms with Crippen LogP contribution in [-0.2, 0) is 785 Å². The Morgan fingerprint density at radius 3 is 0.233 bits per heavy atom. The Kier molecular flexibility index (Phi) is 997. The van der Waals surface area contributed by atoms with E-state index in [1.54, 1.807) is 0 Å². The van der Waals surface area contributed by atoms with Crippen LogP contribution in [0.15, 0.2) is 72.8 Å². The fourth-order valence-corrected chi connectivity index (χ4v) is 0.770. The largest absolute Gasteiger partial charge is 0.358 e. The molecule has 0 spiro atoms. The van der Waals surface area contributed by atoms with E-state index in [9.17, 15) is 0 Å². The number of rotatable bonds is 0. The topological polar surface area (TPSA) is 52.0 Å². The number of benzene rings is 2. The molecule has 2 aromatic carbocycles. The van der Waals surface area contributed by atoms with Crippen molar-refractivity contribution < 1.29 is 785 Å². The van der Waals surface area contributed by atoms with Crippen molar-refractivity contribution in [2.24, 2.45) is 11.5 Å². The van der Waals surface area contributed by atoms with Gasteiger partial charge in [0.25, 0.3) is 0 Å². The maximum atomic E-state index is 4.50. The van der Waals surface area contributed by atoms with Crippen molar-refractivity contribution in [3.8, 4) is 0 Å². The molecule has 0 aromatic heterocycles. The molecule has 0 saturated heterocycles. The second-order valence-corrected chi connectivity index (χ2v) is 2.31. The van der Waals surface area contributed by atoms with E-state index < -0.39 is 0 Å². The van der Waals surface area contributed by atoms with Crippen LogP contribution >= 0.6 is 0 Å². The summed E-state index contributed by atoms with van der Waals surface area (Å²) in [7, 11) is 3.00. The summed E-state index contributed by atoms with van der Waals surface area (Å²) in [5, 5.41) is 0. The molecule has 0 amide bonds. The predicted octanol–water partition coefficient (Wildman–Crippen LogP) is 4.00. The van der Waals surface area contributed by atoms with E-state index in [1.165, 1.54) is 14.1 Å². The molecule has 0 unspecified atom stereocenters. The fraction of sp³-hybridized carbons (Fsp3) is 0.176. The first kappa shape index (κ1) is 201. The summed E-state index contributed by atoms with van der Waals surface area (Å²) in [5.41, 5.74) is 9.00. The Hall–Kier alpha value is 24.9.